The second-order valence-electron chi connectivity index (χ2n) is 8.75. The lowest BCUT2D eigenvalue weighted by molar-refractivity contribution is -0.137. The summed E-state index contributed by atoms with van der Waals surface area (Å²) in [5, 5.41) is 2.97. The van der Waals surface area contributed by atoms with Crippen LogP contribution in [0.2, 0.25) is 0 Å². The Kier molecular flexibility index (Phi) is 7.55. The second kappa shape index (κ2) is 10.9. The van der Waals surface area contributed by atoms with E-state index in [9.17, 15) is 14.4 Å². The van der Waals surface area contributed by atoms with Crippen LogP contribution in [0.4, 0.5) is 0 Å². The number of nitrogens with one attached hydrogen (secondary N) is 1. The minimum absolute atomic E-state index is 0.0448. The molecule has 2 aliphatic rings. The van der Waals surface area contributed by atoms with Crippen LogP contribution < -0.4 is 5.32 Å². The maximum atomic E-state index is 12.6. The normalized spacial score (nSPS) is 16.1. The van der Waals surface area contributed by atoms with Gasteiger partial charge in [0.1, 0.15) is 0 Å². The number of hydrogen-bond acceptors (Lipinski definition) is 3. The Hall–Kier alpha value is -3.41. The Labute approximate surface area is 195 Å². The van der Waals surface area contributed by atoms with E-state index in [1.807, 2.05) is 35.2 Å². The van der Waals surface area contributed by atoms with E-state index in [4.69, 9.17) is 0 Å². The lowest BCUT2D eigenvalue weighted by Crippen LogP contribution is -2.50. The number of rotatable bonds is 8. The van der Waals surface area contributed by atoms with Crippen LogP contribution in [0, 0.1) is 0 Å². The maximum absolute atomic E-state index is 12.6. The van der Waals surface area contributed by atoms with Gasteiger partial charge >= 0.3 is 0 Å². The highest BCUT2D eigenvalue weighted by Gasteiger charge is 2.24. The number of hydrogen-bond donors (Lipinski definition) is 1. The molecule has 6 heteroatoms. The molecular weight excluding hydrogens is 414 g/mol. The van der Waals surface area contributed by atoms with Crippen LogP contribution in [0.1, 0.15) is 47.2 Å². The highest BCUT2D eigenvalue weighted by atomic mass is 16.2. The van der Waals surface area contributed by atoms with E-state index in [1.54, 1.807) is 29.2 Å². The minimum atomic E-state index is -0.0540. The molecule has 1 heterocycles. The lowest BCUT2D eigenvalue weighted by atomic mass is 10.1. The third-order valence-electron chi connectivity index (χ3n) is 6.15. The molecule has 4 rings (SSSR count). The Morgan fingerprint density at radius 1 is 0.879 bits per heavy atom. The quantitative estimate of drug-likeness (QED) is 0.634. The maximum Gasteiger partial charge on any atom is 0.251 e. The third kappa shape index (κ3) is 6.78. The second-order valence-corrected chi connectivity index (χ2v) is 8.75. The Morgan fingerprint density at radius 2 is 1.55 bits per heavy atom. The standard InChI is InChI=1S/C27H31N3O3/c31-25(8-4-7-21-5-2-1-3-6-21)29-17-19-30(20-18-29)26(32)16-11-22-9-12-23(13-10-22)27(33)28-24-14-15-24/h1-3,5-6,9-13,16,24H,4,7-8,14-15,17-20H2,(H,28,33)/b16-11+. The first-order valence-corrected chi connectivity index (χ1v) is 11.8. The molecule has 1 N–H and O–H groups in total. The molecule has 2 fully saturated rings. The van der Waals surface area contributed by atoms with Gasteiger partial charge in [-0.15, -0.1) is 0 Å². The summed E-state index contributed by atoms with van der Waals surface area (Å²) in [6.07, 6.45) is 7.74. The van der Waals surface area contributed by atoms with E-state index in [2.05, 4.69) is 17.4 Å². The van der Waals surface area contributed by atoms with Gasteiger partial charge in [0.15, 0.2) is 0 Å². The van der Waals surface area contributed by atoms with Crippen molar-refractivity contribution >= 4 is 23.8 Å². The molecule has 2 aromatic rings. The first kappa shape index (κ1) is 22.8. The van der Waals surface area contributed by atoms with Crippen molar-refractivity contribution in [2.45, 2.75) is 38.1 Å². The van der Waals surface area contributed by atoms with Crippen molar-refractivity contribution in [1.29, 1.82) is 0 Å². The summed E-state index contributed by atoms with van der Waals surface area (Å²) in [7, 11) is 0. The smallest absolute Gasteiger partial charge is 0.251 e. The van der Waals surface area contributed by atoms with Gasteiger partial charge in [-0.3, -0.25) is 14.4 Å². The Balaban J connectivity index is 1.18. The number of amides is 3. The zero-order valence-electron chi connectivity index (χ0n) is 18.9. The number of piperazine rings is 1. The van der Waals surface area contributed by atoms with Crippen molar-refractivity contribution in [3.8, 4) is 0 Å². The van der Waals surface area contributed by atoms with Gasteiger partial charge in [0.25, 0.3) is 5.91 Å². The molecule has 0 bridgehead atoms. The van der Waals surface area contributed by atoms with E-state index >= 15 is 0 Å². The molecule has 3 amide bonds. The fraction of sp³-hybridized carbons (Fsp3) is 0.370. The van der Waals surface area contributed by atoms with Gasteiger partial charge < -0.3 is 15.1 Å². The van der Waals surface area contributed by atoms with Crippen molar-refractivity contribution < 1.29 is 14.4 Å². The Bertz CT molecular complexity index is 989. The van der Waals surface area contributed by atoms with Crippen LogP contribution in [0.5, 0.6) is 0 Å². The summed E-state index contributed by atoms with van der Waals surface area (Å²) in [6, 6.07) is 17.8. The predicted molar refractivity (Wildman–Crippen MR) is 129 cm³/mol. The van der Waals surface area contributed by atoms with Gasteiger partial charge in [0, 0.05) is 50.3 Å². The zero-order chi connectivity index (χ0) is 23.0. The SMILES string of the molecule is O=C(NC1CC1)c1ccc(/C=C/C(=O)N2CCN(C(=O)CCCc3ccccc3)CC2)cc1. The van der Waals surface area contributed by atoms with Gasteiger partial charge in [-0.05, 0) is 55.0 Å². The number of nitrogens with zero attached hydrogens (tertiary/aromatic N) is 2. The third-order valence-corrected chi connectivity index (χ3v) is 6.15. The van der Waals surface area contributed by atoms with Crippen molar-refractivity contribution in [3.63, 3.8) is 0 Å². The summed E-state index contributed by atoms with van der Waals surface area (Å²) in [5.41, 5.74) is 2.76. The lowest BCUT2D eigenvalue weighted by Gasteiger charge is -2.34. The summed E-state index contributed by atoms with van der Waals surface area (Å²) in [6.45, 7) is 2.25. The monoisotopic (exact) mass is 445 g/mol. The van der Waals surface area contributed by atoms with Crippen LogP contribution in [0.3, 0.4) is 0 Å². The van der Waals surface area contributed by atoms with Crippen molar-refractivity contribution in [2.75, 3.05) is 26.2 Å². The summed E-state index contributed by atoms with van der Waals surface area (Å²) >= 11 is 0. The van der Waals surface area contributed by atoms with Crippen molar-refractivity contribution in [1.82, 2.24) is 15.1 Å². The molecule has 0 atom stereocenters. The molecule has 0 spiro atoms. The van der Waals surface area contributed by atoms with Gasteiger partial charge in [0.05, 0.1) is 0 Å². The van der Waals surface area contributed by atoms with E-state index in [0.29, 0.717) is 44.2 Å². The molecule has 1 aliphatic carbocycles. The number of carbonyl (C=O) groups excluding carboxylic acids is 3. The molecule has 1 aliphatic heterocycles. The molecule has 1 saturated heterocycles. The number of aryl methyl sites for hydroxylation is 1. The molecule has 33 heavy (non-hydrogen) atoms. The molecule has 0 aromatic heterocycles. The zero-order valence-corrected chi connectivity index (χ0v) is 18.9. The first-order valence-electron chi connectivity index (χ1n) is 11.8. The fourth-order valence-electron chi connectivity index (χ4n) is 3.94. The highest BCUT2D eigenvalue weighted by molar-refractivity contribution is 5.95. The fourth-order valence-corrected chi connectivity index (χ4v) is 3.94. The van der Waals surface area contributed by atoms with Crippen molar-refractivity contribution in [2.24, 2.45) is 0 Å². The minimum Gasteiger partial charge on any atom is -0.349 e. The van der Waals surface area contributed by atoms with Crippen LogP contribution in [-0.4, -0.2) is 59.7 Å². The van der Waals surface area contributed by atoms with Gasteiger partial charge in [-0.25, -0.2) is 0 Å². The van der Waals surface area contributed by atoms with Gasteiger partial charge in [0.2, 0.25) is 11.8 Å². The van der Waals surface area contributed by atoms with E-state index < -0.39 is 0 Å². The van der Waals surface area contributed by atoms with Crippen LogP contribution in [-0.2, 0) is 16.0 Å². The van der Waals surface area contributed by atoms with Gasteiger partial charge in [-0.1, -0.05) is 42.5 Å². The summed E-state index contributed by atoms with van der Waals surface area (Å²) in [4.78, 5) is 40.7. The molecule has 6 nitrogen and oxygen atoms in total. The predicted octanol–water partition coefficient (Wildman–Crippen LogP) is 3.29. The number of benzene rings is 2. The molecule has 0 radical (unpaired) electrons. The van der Waals surface area contributed by atoms with Gasteiger partial charge in [-0.2, -0.15) is 0 Å². The average molecular weight is 446 g/mol. The van der Waals surface area contributed by atoms with Crippen LogP contribution in [0.25, 0.3) is 6.08 Å². The molecule has 0 unspecified atom stereocenters. The first-order chi connectivity index (χ1) is 16.1. The van der Waals surface area contributed by atoms with E-state index in [-0.39, 0.29) is 17.7 Å². The molecule has 1 saturated carbocycles. The Morgan fingerprint density at radius 3 is 2.21 bits per heavy atom. The topological polar surface area (TPSA) is 69.7 Å². The molecule has 2 aromatic carbocycles. The largest absolute Gasteiger partial charge is 0.349 e. The van der Waals surface area contributed by atoms with E-state index in [1.165, 1.54) is 5.56 Å². The molecular formula is C27H31N3O3. The summed E-state index contributed by atoms with van der Waals surface area (Å²) < 4.78 is 0. The van der Waals surface area contributed by atoms with Crippen LogP contribution in [0.15, 0.2) is 60.7 Å². The molecule has 172 valence electrons. The van der Waals surface area contributed by atoms with Crippen LogP contribution >= 0.6 is 0 Å². The highest BCUT2D eigenvalue weighted by Crippen LogP contribution is 2.19. The van der Waals surface area contributed by atoms with E-state index in [0.717, 1.165) is 31.2 Å². The summed E-state index contributed by atoms with van der Waals surface area (Å²) in [5.74, 6) is 0.0673. The average Bonchev–Trinajstić information content (AvgIpc) is 3.67. The van der Waals surface area contributed by atoms with Crippen molar-refractivity contribution in [3.05, 3.63) is 77.4 Å². The number of carbonyl (C=O) groups is 3.